The lowest BCUT2D eigenvalue weighted by atomic mass is 9.86. The van der Waals surface area contributed by atoms with Crippen LogP contribution in [0, 0.1) is 5.41 Å². The van der Waals surface area contributed by atoms with Crippen LogP contribution in [0.25, 0.3) is 0 Å². The lowest BCUT2D eigenvalue weighted by Gasteiger charge is -2.35. The maximum atomic E-state index is 9.19. The molecule has 0 saturated carbocycles. The van der Waals surface area contributed by atoms with Crippen LogP contribution >= 0.6 is 0 Å². The van der Waals surface area contributed by atoms with Crippen molar-refractivity contribution in [3.8, 4) is 0 Å². The minimum atomic E-state index is 0.211. The SMILES string of the molecule is CC(C)NCC1(CN(C)C(C)CO)CCOC1. The molecule has 0 aromatic rings. The molecule has 1 aliphatic heterocycles. The van der Waals surface area contributed by atoms with Crippen LogP contribution in [-0.2, 0) is 4.74 Å². The normalized spacial score (nSPS) is 27.0. The first-order valence-corrected chi connectivity index (χ1v) is 6.61. The highest BCUT2D eigenvalue weighted by Crippen LogP contribution is 2.29. The van der Waals surface area contributed by atoms with Crippen LogP contribution in [0.1, 0.15) is 27.2 Å². The molecule has 0 aromatic heterocycles. The van der Waals surface area contributed by atoms with Gasteiger partial charge in [-0.25, -0.2) is 0 Å². The largest absolute Gasteiger partial charge is 0.395 e. The molecule has 1 aliphatic rings. The van der Waals surface area contributed by atoms with E-state index in [4.69, 9.17) is 4.74 Å². The van der Waals surface area contributed by atoms with Gasteiger partial charge in [0.1, 0.15) is 0 Å². The maximum Gasteiger partial charge on any atom is 0.0584 e. The molecule has 1 fully saturated rings. The summed E-state index contributed by atoms with van der Waals surface area (Å²) in [6, 6.07) is 0.722. The zero-order valence-electron chi connectivity index (χ0n) is 11.7. The summed E-state index contributed by atoms with van der Waals surface area (Å²) >= 11 is 0. The Morgan fingerprint density at radius 1 is 1.41 bits per heavy atom. The van der Waals surface area contributed by atoms with E-state index in [1.807, 2.05) is 0 Å². The highest BCUT2D eigenvalue weighted by molar-refractivity contribution is 4.89. The van der Waals surface area contributed by atoms with Gasteiger partial charge in [0, 0.05) is 37.2 Å². The second-order valence-corrected chi connectivity index (χ2v) is 5.78. The van der Waals surface area contributed by atoms with Crippen molar-refractivity contribution in [2.75, 3.05) is 40.0 Å². The standard InChI is InChI=1S/C13H28N2O2/c1-11(2)14-8-13(5-6-17-10-13)9-15(4)12(3)7-16/h11-12,14,16H,5-10H2,1-4H3. The Bertz CT molecular complexity index is 215. The van der Waals surface area contributed by atoms with E-state index in [1.165, 1.54) is 0 Å². The minimum Gasteiger partial charge on any atom is -0.395 e. The Morgan fingerprint density at radius 3 is 2.59 bits per heavy atom. The molecule has 4 heteroatoms. The van der Waals surface area contributed by atoms with Gasteiger partial charge in [0.2, 0.25) is 0 Å². The first-order chi connectivity index (χ1) is 7.99. The van der Waals surface area contributed by atoms with Crippen LogP contribution in [0.5, 0.6) is 0 Å². The van der Waals surface area contributed by atoms with Crippen molar-refractivity contribution < 1.29 is 9.84 Å². The van der Waals surface area contributed by atoms with E-state index in [0.29, 0.717) is 6.04 Å². The van der Waals surface area contributed by atoms with Crippen molar-refractivity contribution in [2.24, 2.45) is 5.41 Å². The number of ether oxygens (including phenoxy) is 1. The van der Waals surface area contributed by atoms with Crippen molar-refractivity contribution >= 4 is 0 Å². The van der Waals surface area contributed by atoms with E-state index >= 15 is 0 Å². The number of likely N-dealkylation sites (N-methyl/N-ethyl adjacent to an activating group) is 1. The smallest absolute Gasteiger partial charge is 0.0584 e. The molecule has 4 nitrogen and oxygen atoms in total. The minimum absolute atomic E-state index is 0.211. The van der Waals surface area contributed by atoms with Gasteiger partial charge in [0.15, 0.2) is 0 Å². The van der Waals surface area contributed by atoms with Crippen LogP contribution in [0.4, 0.5) is 0 Å². The fourth-order valence-electron chi connectivity index (χ4n) is 2.21. The Balaban J connectivity index is 2.52. The van der Waals surface area contributed by atoms with Gasteiger partial charge < -0.3 is 20.1 Å². The summed E-state index contributed by atoms with van der Waals surface area (Å²) < 4.78 is 5.58. The summed E-state index contributed by atoms with van der Waals surface area (Å²) in [6.45, 7) is 10.3. The molecule has 0 aromatic carbocycles. The van der Waals surface area contributed by atoms with Crippen molar-refractivity contribution in [1.82, 2.24) is 10.2 Å². The van der Waals surface area contributed by atoms with Crippen molar-refractivity contribution in [3.05, 3.63) is 0 Å². The second-order valence-electron chi connectivity index (χ2n) is 5.78. The van der Waals surface area contributed by atoms with Crippen LogP contribution in [0.15, 0.2) is 0 Å². The number of nitrogens with one attached hydrogen (secondary N) is 1. The predicted molar refractivity (Wildman–Crippen MR) is 70.2 cm³/mol. The molecule has 0 amide bonds. The van der Waals surface area contributed by atoms with E-state index in [1.54, 1.807) is 0 Å². The Labute approximate surface area is 105 Å². The topological polar surface area (TPSA) is 44.7 Å². The number of hydrogen-bond acceptors (Lipinski definition) is 4. The number of hydrogen-bond donors (Lipinski definition) is 2. The Kier molecular flexibility index (Phi) is 5.86. The molecule has 2 N–H and O–H groups in total. The molecule has 2 atom stereocenters. The summed E-state index contributed by atoms with van der Waals surface area (Å²) in [5.74, 6) is 0. The van der Waals surface area contributed by atoms with Crippen molar-refractivity contribution in [1.29, 1.82) is 0 Å². The highest BCUT2D eigenvalue weighted by atomic mass is 16.5. The molecule has 0 spiro atoms. The van der Waals surface area contributed by atoms with Gasteiger partial charge in [-0.3, -0.25) is 0 Å². The van der Waals surface area contributed by atoms with Gasteiger partial charge in [-0.2, -0.15) is 0 Å². The number of rotatable bonds is 7. The number of aliphatic hydroxyl groups is 1. The van der Waals surface area contributed by atoms with E-state index in [-0.39, 0.29) is 18.1 Å². The third-order valence-corrected chi connectivity index (χ3v) is 3.67. The summed E-state index contributed by atoms with van der Waals surface area (Å²) in [4.78, 5) is 2.23. The molecule has 102 valence electrons. The molecule has 1 heterocycles. The van der Waals surface area contributed by atoms with Gasteiger partial charge >= 0.3 is 0 Å². The average Bonchev–Trinajstić information content (AvgIpc) is 2.74. The molecule has 0 radical (unpaired) electrons. The monoisotopic (exact) mass is 244 g/mol. The molecule has 0 aliphatic carbocycles. The molecule has 2 unspecified atom stereocenters. The second kappa shape index (κ2) is 6.69. The fraction of sp³-hybridized carbons (Fsp3) is 1.00. The van der Waals surface area contributed by atoms with Crippen molar-refractivity contribution in [2.45, 2.75) is 39.3 Å². The van der Waals surface area contributed by atoms with Gasteiger partial charge in [-0.05, 0) is 20.4 Å². The highest BCUT2D eigenvalue weighted by Gasteiger charge is 2.36. The molecular weight excluding hydrogens is 216 g/mol. The molecular formula is C13H28N2O2. The van der Waals surface area contributed by atoms with Crippen LogP contribution in [0.3, 0.4) is 0 Å². The third-order valence-electron chi connectivity index (χ3n) is 3.67. The first kappa shape index (κ1) is 14.9. The lowest BCUT2D eigenvalue weighted by Crippen LogP contribution is -2.47. The molecule has 0 bridgehead atoms. The summed E-state index contributed by atoms with van der Waals surface area (Å²) in [7, 11) is 2.08. The van der Waals surface area contributed by atoms with Crippen LogP contribution in [0.2, 0.25) is 0 Å². The zero-order valence-corrected chi connectivity index (χ0v) is 11.7. The Hall–Kier alpha value is -0.160. The molecule has 1 saturated heterocycles. The summed E-state index contributed by atoms with van der Waals surface area (Å²) in [6.07, 6.45) is 1.11. The van der Waals surface area contributed by atoms with Gasteiger partial charge in [-0.15, -0.1) is 0 Å². The van der Waals surface area contributed by atoms with Crippen LogP contribution in [-0.4, -0.2) is 62.0 Å². The molecule has 17 heavy (non-hydrogen) atoms. The quantitative estimate of drug-likeness (QED) is 0.692. The van der Waals surface area contributed by atoms with Gasteiger partial charge in [-0.1, -0.05) is 13.8 Å². The van der Waals surface area contributed by atoms with E-state index in [9.17, 15) is 5.11 Å². The third kappa shape index (κ3) is 4.54. The zero-order chi connectivity index (χ0) is 12.9. The fourth-order valence-corrected chi connectivity index (χ4v) is 2.21. The van der Waals surface area contributed by atoms with Crippen LogP contribution < -0.4 is 5.32 Å². The van der Waals surface area contributed by atoms with Gasteiger partial charge in [0.05, 0.1) is 13.2 Å². The summed E-state index contributed by atoms with van der Waals surface area (Å²) in [5, 5.41) is 12.7. The maximum absolute atomic E-state index is 9.19. The van der Waals surface area contributed by atoms with Crippen molar-refractivity contribution in [3.63, 3.8) is 0 Å². The van der Waals surface area contributed by atoms with E-state index < -0.39 is 0 Å². The predicted octanol–water partition coefficient (Wildman–Crippen LogP) is 0.704. The first-order valence-electron chi connectivity index (χ1n) is 6.61. The van der Waals surface area contributed by atoms with E-state index in [0.717, 1.165) is 32.7 Å². The summed E-state index contributed by atoms with van der Waals surface area (Å²) in [5.41, 5.74) is 0.211. The lowest BCUT2D eigenvalue weighted by molar-refractivity contribution is 0.0831. The van der Waals surface area contributed by atoms with E-state index in [2.05, 4.69) is 38.0 Å². The molecule has 1 rings (SSSR count). The average molecular weight is 244 g/mol. The number of aliphatic hydroxyl groups excluding tert-OH is 1. The van der Waals surface area contributed by atoms with Gasteiger partial charge in [0.25, 0.3) is 0 Å². The number of nitrogens with zero attached hydrogens (tertiary/aromatic N) is 1. The Morgan fingerprint density at radius 2 is 2.12 bits per heavy atom.